The minimum Gasteiger partial charge on any atom is -0.367 e. The lowest BCUT2D eigenvalue weighted by Gasteiger charge is -2.40. The fourth-order valence-corrected chi connectivity index (χ4v) is 3.62. The maximum absolute atomic E-state index is 14.0. The zero-order valence-electron chi connectivity index (χ0n) is 11.8. The maximum Gasteiger partial charge on any atom is 0.146 e. The van der Waals surface area contributed by atoms with Crippen LogP contribution in [0.1, 0.15) is 38.5 Å². The molecule has 1 aliphatic heterocycles. The molecule has 1 aromatic rings. The van der Waals surface area contributed by atoms with Crippen molar-refractivity contribution in [3.63, 3.8) is 0 Å². The molecule has 0 radical (unpaired) electrons. The van der Waals surface area contributed by atoms with Gasteiger partial charge in [-0.1, -0.05) is 19.3 Å². The fourth-order valence-electron chi connectivity index (χ4n) is 3.62. The van der Waals surface area contributed by atoms with E-state index in [1.54, 1.807) is 0 Å². The molecule has 1 aromatic carbocycles. The van der Waals surface area contributed by atoms with Crippen LogP contribution in [0.2, 0.25) is 0 Å². The van der Waals surface area contributed by atoms with Crippen LogP contribution in [0.4, 0.5) is 14.5 Å². The molecule has 1 saturated heterocycles. The number of anilines is 1. The van der Waals surface area contributed by atoms with E-state index in [0.717, 1.165) is 38.9 Å². The molecule has 3 rings (SSSR count). The Kier molecular flexibility index (Phi) is 3.92. The van der Waals surface area contributed by atoms with Gasteiger partial charge in [-0.3, -0.25) is 0 Å². The molecule has 1 saturated carbocycles. The van der Waals surface area contributed by atoms with Crippen LogP contribution >= 0.6 is 0 Å². The number of nitrogens with zero attached hydrogens (tertiary/aromatic N) is 1. The summed E-state index contributed by atoms with van der Waals surface area (Å²) in [6.07, 6.45) is 7.00. The summed E-state index contributed by atoms with van der Waals surface area (Å²) in [4.78, 5) is 2.03. The molecule has 20 heavy (non-hydrogen) atoms. The SMILES string of the molecule is Fc1ccc(F)c(N2CCCNC3(CCCCC3)C2)c1. The predicted molar refractivity (Wildman–Crippen MR) is 77.0 cm³/mol. The van der Waals surface area contributed by atoms with Gasteiger partial charge in [0.15, 0.2) is 0 Å². The highest BCUT2D eigenvalue weighted by molar-refractivity contribution is 5.48. The highest BCUT2D eigenvalue weighted by atomic mass is 19.1. The Morgan fingerprint density at radius 3 is 2.65 bits per heavy atom. The minimum absolute atomic E-state index is 0.0908. The van der Waals surface area contributed by atoms with E-state index >= 15 is 0 Å². The third-order valence-electron chi connectivity index (χ3n) is 4.66. The Balaban J connectivity index is 1.86. The molecule has 4 heteroatoms. The average Bonchev–Trinajstić information content (AvgIpc) is 2.65. The summed E-state index contributed by atoms with van der Waals surface area (Å²) in [6, 6.07) is 3.75. The minimum atomic E-state index is -0.365. The van der Waals surface area contributed by atoms with Crippen LogP contribution < -0.4 is 10.2 Å². The van der Waals surface area contributed by atoms with Gasteiger partial charge in [0.05, 0.1) is 5.69 Å². The van der Waals surface area contributed by atoms with Gasteiger partial charge in [0.2, 0.25) is 0 Å². The Morgan fingerprint density at radius 1 is 1.05 bits per heavy atom. The number of hydrogen-bond donors (Lipinski definition) is 1. The van der Waals surface area contributed by atoms with E-state index in [2.05, 4.69) is 5.32 Å². The molecule has 2 nitrogen and oxygen atoms in total. The van der Waals surface area contributed by atoms with Gasteiger partial charge in [-0.25, -0.2) is 8.78 Å². The fraction of sp³-hybridized carbons (Fsp3) is 0.625. The van der Waals surface area contributed by atoms with Crippen molar-refractivity contribution in [3.05, 3.63) is 29.8 Å². The Labute approximate surface area is 119 Å². The lowest BCUT2D eigenvalue weighted by Crippen LogP contribution is -2.52. The molecule has 1 heterocycles. The molecule has 1 spiro atoms. The van der Waals surface area contributed by atoms with Crippen LogP contribution in [-0.2, 0) is 0 Å². The van der Waals surface area contributed by atoms with Gasteiger partial charge < -0.3 is 10.2 Å². The second kappa shape index (κ2) is 5.68. The lowest BCUT2D eigenvalue weighted by molar-refractivity contribution is 0.246. The summed E-state index contributed by atoms with van der Waals surface area (Å²) in [5.74, 6) is -0.685. The van der Waals surface area contributed by atoms with Crippen molar-refractivity contribution in [1.82, 2.24) is 5.32 Å². The van der Waals surface area contributed by atoms with Crippen molar-refractivity contribution in [2.24, 2.45) is 0 Å². The predicted octanol–water partition coefficient (Wildman–Crippen LogP) is 3.47. The standard InChI is InChI=1S/C16H22F2N2/c17-13-5-6-14(18)15(11-13)20-10-4-9-19-16(12-20)7-2-1-3-8-16/h5-6,11,19H,1-4,7-10,12H2. The van der Waals surface area contributed by atoms with Crippen molar-refractivity contribution in [3.8, 4) is 0 Å². The summed E-state index contributed by atoms with van der Waals surface area (Å²) in [5, 5.41) is 3.67. The third-order valence-corrected chi connectivity index (χ3v) is 4.66. The summed E-state index contributed by atoms with van der Waals surface area (Å²) < 4.78 is 27.4. The van der Waals surface area contributed by atoms with Crippen LogP contribution in [0.3, 0.4) is 0 Å². The van der Waals surface area contributed by atoms with Gasteiger partial charge in [0, 0.05) is 24.7 Å². The van der Waals surface area contributed by atoms with Crippen molar-refractivity contribution in [1.29, 1.82) is 0 Å². The van der Waals surface area contributed by atoms with Gasteiger partial charge in [-0.15, -0.1) is 0 Å². The van der Waals surface area contributed by atoms with E-state index in [1.165, 1.54) is 37.5 Å². The Bertz CT molecular complexity index is 470. The molecule has 0 aromatic heterocycles. The van der Waals surface area contributed by atoms with Crippen molar-refractivity contribution in [2.45, 2.75) is 44.1 Å². The zero-order valence-corrected chi connectivity index (χ0v) is 11.8. The monoisotopic (exact) mass is 280 g/mol. The van der Waals surface area contributed by atoms with Crippen LogP contribution in [-0.4, -0.2) is 25.2 Å². The first-order chi connectivity index (χ1) is 9.69. The number of nitrogens with one attached hydrogen (secondary N) is 1. The highest BCUT2D eigenvalue weighted by Crippen LogP contribution is 2.32. The molecule has 0 amide bonds. The van der Waals surface area contributed by atoms with Gasteiger partial charge >= 0.3 is 0 Å². The van der Waals surface area contributed by atoms with E-state index < -0.39 is 0 Å². The van der Waals surface area contributed by atoms with Crippen LogP contribution in [0.5, 0.6) is 0 Å². The van der Waals surface area contributed by atoms with E-state index in [4.69, 9.17) is 0 Å². The summed E-state index contributed by atoms with van der Waals surface area (Å²) in [5.41, 5.74) is 0.506. The Hall–Kier alpha value is -1.16. The van der Waals surface area contributed by atoms with E-state index in [0.29, 0.717) is 5.69 Å². The van der Waals surface area contributed by atoms with Crippen molar-refractivity contribution >= 4 is 5.69 Å². The van der Waals surface area contributed by atoms with Crippen LogP contribution in [0.25, 0.3) is 0 Å². The largest absolute Gasteiger partial charge is 0.367 e. The van der Waals surface area contributed by atoms with E-state index in [-0.39, 0.29) is 17.2 Å². The first-order valence-electron chi connectivity index (χ1n) is 7.64. The molecule has 110 valence electrons. The van der Waals surface area contributed by atoms with Crippen LogP contribution in [0, 0.1) is 11.6 Å². The average molecular weight is 280 g/mol. The van der Waals surface area contributed by atoms with E-state index in [1.807, 2.05) is 4.90 Å². The lowest BCUT2D eigenvalue weighted by atomic mass is 9.81. The number of benzene rings is 1. The van der Waals surface area contributed by atoms with Gasteiger partial charge in [-0.2, -0.15) is 0 Å². The Morgan fingerprint density at radius 2 is 1.85 bits per heavy atom. The summed E-state index contributed by atoms with van der Waals surface area (Å²) in [6.45, 7) is 2.54. The van der Waals surface area contributed by atoms with Crippen molar-refractivity contribution < 1.29 is 8.78 Å². The quantitative estimate of drug-likeness (QED) is 0.847. The summed E-state index contributed by atoms with van der Waals surface area (Å²) >= 11 is 0. The molecule has 2 fully saturated rings. The number of rotatable bonds is 1. The summed E-state index contributed by atoms with van der Waals surface area (Å²) in [7, 11) is 0. The molecule has 2 aliphatic rings. The first kappa shape index (κ1) is 13.8. The molecule has 1 N–H and O–H groups in total. The normalized spacial score (nSPS) is 22.8. The van der Waals surface area contributed by atoms with Gasteiger partial charge in [-0.05, 0) is 37.9 Å². The number of hydrogen-bond acceptors (Lipinski definition) is 2. The molecule has 0 unspecified atom stereocenters. The molecule has 1 aliphatic carbocycles. The van der Waals surface area contributed by atoms with Gasteiger partial charge in [0.1, 0.15) is 11.6 Å². The molecular weight excluding hydrogens is 258 g/mol. The first-order valence-corrected chi connectivity index (χ1v) is 7.64. The second-order valence-corrected chi connectivity index (χ2v) is 6.14. The van der Waals surface area contributed by atoms with Crippen LogP contribution in [0.15, 0.2) is 18.2 Å². The topological polar surface area (TPSA) is 15.3 Å². The van der Waals surface area contributed by atoms with Gasteiger partial charge in [0.25, 0.3) is 0 Å². The maximum atomic E-state index is 14.0. The number of halogens is 2. The second-order valence-electron chi connectivity index (χ2n) is 6.14. The molecule has 0 bridgehead atoms. The molecular formula is C16H22F2N2. The zero-order chi connectivity index (χ0) is 14.0. The van der Waals surface area contributed by atoms with Crippen molar-refractivity contribution in [2.75, 3.05) is 24.5 Å². The molecule has 0 atom stereocenters. The third kappa shape index (κ3) is 2.80. The van der Waals surface area contributed by atoms with E-state index in [9.17, 15) is 8.78 Å². The highest BCUT2D eigenvalue weighted by Gasteiger charge is 2.35. The smallest absolute Gasteiger partial charge is 0.146 e.